The minimum absolute atomic E-state index is 0.0607. The number of alkyl halides is 1. The molecular weight excluding hydrogens is 382 g/mol. The lowest BCUT2D eigenvalue weighted by Gasteiger charge is -2.10. The number of benzene rings is 2. The van der Waals surface area contributed by atoms with Gasteiger partial charge in [-0.2, -0.15) is 0 Å². The van der Waals surface area contributed by atoms with Gasteiger partial charge in [-0.25, -0.2) is 4.39 Å². The summed E-state index contributed by atoms with van der Waals surface area (Å²) in [5.41, 5.74) is 0.815. The molecule has 26 heavy (non-hydrogen) atoms. The summed E-state index contributed by atoms with van der Waals surface area (Å²) in [4.78, 5) is 24.2. The highest BCUT2D eigenvalue weighted by atomic mass is 35.5. The number of rotatable bonds is 3. The molecule has 0 radical (unpaired) electrons. The van der Waals surface area contributed by atoms with Crippen LogP contribution in [-0.4, -0.2) is 17.1 Å². The van der Waals surface area contributed by atoms with Gasteiger partial charge in [0.25, 0.3) is 0 Å². The summed E-state index contributed by atoms with van der Waals surface area (Å²) in [6.45, 7) is 3.14. The van der Waals surface area contributed by atoms with Crippen molar-refractivity contribution in [3.05, 3.63) is 63.6 Å². The largest absolute Gasteiger partial charge is 0.452 e. The number of esters is 1. The van der Waals surface area contributed by atoms with Crippen molar-refractivity contribution in [3.8, 4) is 11.5 Å². The summed E-state index contributed by atoms with van der Waals surface area (Å²) in [5.74, 6) is -1.18. The van der Waals surface area contributed by atoms with Crippen LogP contribution in [0.5, 0.6) is 11.5 Å². The van der Waals surface area contributed by atoms with Crippen LogP contribution < -0.4 is 9.47 Å². The van der Waals surface area contributed by atoms with Crippen LogP contribution in [0, 0.1) is 12.7 Å². The molecule has 1 heterocycles. The minimum atomic E-state index is -0.816. The highest BCUT2D eigenvalue weighted by Crippen LogP contribution is 2.40. The maximum absolute atomic E-state index is 14.0. The molecule has 3 rings (SSSR count). The van der Waals surface area contributed by atoms with Gasteiger partial charge < -0.3 is 9.47 Å². The smallest absolute Gasteiger partial charge is 0.329 e. The van der Waals surface area contributed by atoms with Gasteiger partial charge in [-0.05, 0) is 44.2 Å². The first-order valence-electron chi connectivity index (χ1n) is 7.67. The third-order valence-electron chi connectivity index (χ3n) is 3.85. The van der Waals surface area contributed by atoms with Crippen molar-refractivity contribution in [2.24, 2.45) is 0 Å². The Morgan fingerprint density at radius 2 is 2.04 bits per heavy atom. The van der Waals surface area contributed by atoms with Crippen molar-refractivity contribution in [2.75, 3.05) is 0 Å². The fraction of sp³-hybridized carbons (Fsp3) is 0.158. The fourth-order valence-electron chi connectivity index (χ4n) is 2.45. The number of ketones is 1. The van der Waals surface area contributed by atoms with E-state index in [2.05, 4.69) is 0 Å². The Hall–Kier alpha value is -2.37. The monoisotopic (exact) mass is 394 g/mol. The summed E-state index contributed by atoms with van der Waals surface area (Å²) < 4.78 is 24.8. The molecule has 0 amide bonds. The predicted molar refractivity (Wildman–Crippen MR) is 96.5 cm³/mol. The summed E-state index contributed by atoms with van der Waals surface area (Å²) in [7, 11) is 0. The third-order valence-corrected chi connectivity index (χ3v) is 4.35. The molecule has 0 N–H and O–H groups in total. The normalized spacial score (nSPS) is 15.6. The molecule has 2 aromatic rings. The molecule has 1 atom stereocenters. The molecular formula is C19H13Cl2FO4. The Morgan fingerprint density at radius 1 is 1.31 bits per heavy atom. The zero-order valence-electron chi connectivity index (χ0n) is 13.8. The molecule has 1 unspecified atom stereocenters. The Balaban J connectivity index is 1.98. The average molecular weight is 395 g/mol. The summed E-state index contributed by atoms with van der Waals surface area (Å²) in [6.07, 6.45) is 1.26. The number of Topliss-reactive ketones (excluding diaryl/α,β-unsaturated/α-hetero) is 1. The van der Waals surface area contributed by atoms with E-state index in [-0.39, 0.29) is 27.8 Å². The molecule has 2 aromatic carbocycles. The van der Waals surface area contributed by atoms with E-state index in [4.69, 9.17) is 32.7 Å². The third kappa shape index (κ3) is 3.32. The van der Waals surface area contributed by atoms with Gasteiger partial charge in [-0.15, -0.1) is 11.6 Å². The van der Waals surface area contributed by atoms with Gasteiger partial charge in [0.15, 0.2) is 5.76 Å². The van der Waals surface area contributed by atoms with Crippen LogP contribution in [0.3, 0.4) is 0 Å². The van der Waals surface area contributed by atoms with Crippen molar-refractivity contribution in [2.45, 2.75) is 19.2 Å². The second-order valence-electron chi connectivity index (χ2n) is 5.68. The lowest BCUT2D eigenvalue weighted by Crippen LogP contribution is -2.18. The molecule has 0 aromatic heterocycles. The molecule has 0 saturated carbocycles. The van der Waals surface area contributed by atoms with Crippen LogP contribution in [0.1, 0.15) is 28.4 Å². The zero-order valence-corrected chi connectivity index (χ0v) is 15.3. The van der Waals surface area contributed by atoms with Gasteiger partial charge in [0.05, 0.1) is 10.6 Å². The average Bonchev–Trinajstić information content (AvgIpc) is 2.90. The lowest BCUT2D eigenvalue weighted by molar-refractivity contribution is -0.133. The van der Waals surface area contributed by atoms with E-state index < -0.39 is 22.9 Å². The first kappa shape index (κ1) is 18.4. The van der Waals surface area contributed by atoms with Crippen molar-refractivity contribution < 1.29 is 23.5 Å². The van der Waals surface area contributed by atoms with E-state index in [1.54, 1.807) is 6.92 Å². The van der Waals surface area contributed by atoms with Gasteiger partial charge in [0.1, 0.15) is 22.7 Å². The van der Waals surface area contributed by atoms with Gasteiger partial charge in [0.2, 0.25) is 5.78 Å². The van der Waals surface area contributed by atoms with Crippen LogP contribution in [0.2, 0.25) is 5.02 Å². The van der Waals surface area contributed by atoms with E-state index in [1.165, 1.54) is 43.3 Å². The van der Waals surface area contributed by atoms with E-state index in [0.717, 1.165) is 0 Å². The van der Waals surface area contributed by atoms with Crippen LogP contribution >= 0.6 is 23.2 Å². The van der Waals surface area contributed by atoms with Crippen molar-refractivity contribution in [3.63, 3.8) is 0 Å². The van der Waals surface area contributed by atoms with Gasteiger partial charge >= 0.3 is 5.97 Å². The van der Waals surface area contributed by atoms with Crippen LogP contribution in [-0.2, 0) is 4.79 Å². The van der Waals surface area contributed by atoms with Crippen molar-refractivity contribution in [1.82, 2.24) is 0 Å². The first-order chi connectivity index (χ1) is 12.3. The molecule has 4 nitrogen and oxygen atoms in total. The second-order valence-corrected chi connectivity index (χ2v) is 6.74. The summed E-state index contributed by atoms with van der Waals surface area (Å²) >= 11 is 11.7. The number of fused-ring (bicyclic) bond motifs is 1. The quantitative estimate of drug-likeness (QED) is 0.320. The Morgan fingerprint density at radius 3 is 2.69 bits per heavy atom. The number of ether oxygens (including phenoxy) is 2. The molecule has 1 aliphatic rings. The van der Waals surface area contributed by atoms with E-state index in [0.29, 0.717) is 11.1 Å². The zero-order chi connectivity index (χ0) is 19.0. The molecule has 0 spiro atoms. The predicted octanol–water partition coefficient (Wildman–Crippen LogP) is 4.94. The first-order valence-corrected chi connectivity index (χ1v) is 8.48. The summed E-state index contributed by atoms with van der Waals surface area (Å²) in [6, 6.07) is 7.19. The van der Waals surface area contributed by atoms with E-state index in [9.17, 15) is 14.0 Å². The topological polar surface area (TPSA) is 52.6 Å². The maximum Gasteiger partial charge on any atom is 0.329 e. The molecule has 0 fully saturated rings. The Kier molecular flexibility index (Phi) is 5.03. The Labute approximate surface area is 159 Å². The molecule has 1 aliphatic heterocycles. The number of carbonyl (C=O) groups is 2. The van der Waals surface area contributed by atoms with E-state index in [1.807, 2.05) is 0 Å². The highest BCUT2D eigenvalue weighted by molar-refractivity contribution is 6.32. The minimum Gasteiger partial charge on any atom is -0.452 e. The van der Waals surface area contributed by atoms with Crippen molar-refractivity contribution >= 4 is 41.0 Å². The second kappa shape index (κ2) is 7.09. The molecule has 0 bridgehead atoms. The SMILES string of the molecule is Cc1c(OC(=O)C(C)Cl)ccc2c1O/C(=C\c1c(F)cccc1Cl)C2=O. The van der Waals surface area contributed by atoms with Crippen molar-refractivity contribution in [1.29, 1.82) is 0 Å². The van der Waals surface area contributed by atoms with Gasteiger partial charge in [-0.1, -0.05) is 17.7 Å². The fourth-order valence-corrected chi connectivity index (χ4v) is 2.71. The molecule has 134 valence electrons. The Bertz CT molecular complexity index is 931. The van der Waals surface area contributed by atoms with Gasteiger partial charge in [0, 0.05) is 11.1 Å². The lowest BCUT2D eigenvalue weighted by atomic mass is 10.1. The number of allylic oxidation sites excluding steroid dienone is 1. The number of hydrogen-bond acceptors (Lipinski definition) is 4. The standard InChI is InChI=1S/C19H13Cl2FO4/c1-9-15(26-19(24)10(2)20)7-6-11-17(23)16(25-18(9)11)8-12-13(21)4-3-5-14(12)22/h3-8,10H,1-2H3/b16-8-. The van der Waals surface area contributed by atoms with Crippen LogP contribution in [0.25, 0.3) is 6.08 Å². The molecule has 0 saturated heterocycles. The van der Waals surface area contributed by atoms with Crippen LogP contribution in [0.15, 0.2) is 36.1 Å². The number of halogens is 3. The maximum atomic E-state index is 14.0. The summed E-state index contributed by atoms with van der Waals surface area (Å²) in [5, 5.41) is -0.656. The van der Waals surface area contributed by atoms with Gasteiger partial charge in [-0.3, -0.25) is 9.59 Å². The molecule has 0 aliphatic carbocycles. The molecule has 7 heteroatoms. The van der Waals surface area contributed by atoms with E-state index >= 15 is 0 Å². The number of carbonyl (C=O) groups excluding carboxylic acids is 2. The number of hydrogen-bond donors (Lipinski definition) is 0. The highest BCUT2D eigenvalue weighted by Gasteiger charge is 2.31. The van der Waals surface area contributed by atoms with Crippen LogP contribution in [0.4, 0.5) is 4.39 Å².